The molecule has 5 heteroatoms. The Hall–Kier alpha value is -1.91. The van der Waals surface area contributed by atoms with Gasteiger partial charge in [-0.3, -0.25) is 9.59 Å². The summed E-state index contributed by atoms with van der Waals surface area (Å²) >= 11 is 0. The molecule has 0 aromatic heterocycles. The van der Waals surface area contributed by atoms with Gasteiger partial charge in [-0.05, 0) is 30.5 Å². The van der Waals surface area contributed by atoms with Gasteiger partial charge in [0.25, 0.3) is 0 Å². The van der Waals surface area contributed by atoms with Crippen LogP contribution in [0, 0.1) is 11.7 Å². The Bertz CT molecular complexity index is 544. The van der Waals surface area contributed by atoms with Crippen molar-refractivity contribution in [3.05, 3.63) is 35.6 Å². The Morgan fingerprint density at radius 2 is 2.00 bits per heavy atom. The van der Waals surface area contributed by atoms with Crippen LogP contribution in [0.15, 0.2) is 24.3 Å². The second-order valence-corrected chi connectivity index (χ2v) is 5.94. The van der Waals surface area contributed by atoms with Gasteiger partial charge >= 0.3 is 0 Å². The normalized spacial score (nSPS) is 25.2. The predicted octanol–water partition coefficient (Wildman–Crippen LogP) is 1.50. The van der Waals surface area contributed by atoms with Crippen LogP contribution in [0.4, 0.5) is 4.39 Å². The number of likely N-dealkylation sites (tertiary alicyclic amines) is 1. The smallest absolute Gasteiger partial charge is 0.227 e. The third kappa shape index (κ3) is 3.23. The Morgan fingerprint density at radius 1 is 1.24 bits per heavy atom. The summed E-state index contributed by atoms with van der Waals surface area (Å²) in [6.07, 6.45) is 3.08. The molecule has 1 aromatic carbocycles. The molecule has 2 saturated heterocycles. The van der Waals surface area contributed by atoms with Crippen LogP contribution >= 0.6 is 0 Å². The van der Waals surface area contributed by atoms with Crippen molar-refractivity contribution in [3.8, 4) is 0 Å². The summed E-state index contributed by atoms with van der Waals surface area (Å²) in [6.45, 7) is 1.09. The van der Waals surface area contributed by atoms with Crippen molar-refractivity contribution in [2.24, 2.45) is 5.92 Å². The minimum atomic E-state index is -0.301. The van der Waals surface area contributed by atoms with E-state index in [1.54, 1.807) is 17.0 Å². The minimum Gasteiger partial charge on any atom is -0.351 e. The highest BCUT2D eigenvalue weighted by molar-refractivity contribution is 5.83. The number of hydrogen-bond donors (Lipinski definition) is 1. The molecular formula is C16H19FN2O2. The van der Waals surface area contributed by atoms with E-state index in [0.29, 0.717) is 13.1 Å². The van der Waals surface area contributed by atoms with Crippen molar-refractivity contribution in [2.45, 2.75) is 31.7 Å². The molecule has 21 heavy (non-hydrogen) atoms. The van der Waals surface area contributed by atoms with E-state index in [1.165, 1.54) is 12.1 Å². The second-order valence-electron chi connectivity index (χ2n) is 5.94. The Labute approximate surface area is 123 Å². The lowest BCUT2D eigenvalue weighted by Crippen LogP contribution is -2.42. The van der Waals surface area contributed by atoms with Crippen molar-refractivity contribution in [3.63, 3.8) is 0 Å². The molecule has 2 aliphatic rings. The maximum absolute atomic E-state index is 12.9. The summed E-state index contributed by atoms with van der Waals surface area (Å²) in [7, 11) is 0. The van der Waals surface area contributed by atoms with Gasteiger partial charge in [0.05, 0.1) is 12.3 Å². The van der Waals surface area contributed by atoms with E-state index in [9.17, 15) is 14.0 Å². The summed E-state index contributed by atoms with van der Waals surface area (Å²) in [5, 5.41) is 3.01. The van der Waals surface area contributed by atoms with E-state index in [2.05, 4.69) is 5.32 Å². The molecule has 112 valence electrons. The molecule has 1 N–H and O–H groups in total. The average molecular weight is 290 g/mol. The molecule has 2 amide bonds. The lowest BCUT2D eigenvalue weighted by Gasteiger charge is -2.27. The van der Waals surface area contributed by atoms with Crippen molar-refractivity contribution in [2.75, 3.05) is 13.1 Å². The summed E-state index contributed by atoms with van der Waals surface area (Å²) in [5.41, 5.74) is 0.801. The molecule has 1 aromatic rings. The van der Waals surface area contributed by atoms with Gasteiger partial charge in [-0.2, -0.15) is 0 Å². The van der Waals surface area contributed by atoms with Crippen LogP contribution < -0.4 is 5.32 Å². The van der Waals surface area contributed by atoms with Crippen LogP contribution in [0.5, 0.6) is 0 Å². The highest BCUT2D eigenvalue weighted by Gasteiger charge is 2.34. The van der Waals surface area contributed by atoms with Crippen molar-refractivity contribution in [1.82, 2.24) is 10.2 Å². The lowest BCUT2D eigenvalue weighted by molar-refractivity contribution is -0.131. The number of amides is 2. The van der Waals surface area contributed by atoms with E-state index in [1.807, 2.05) is 0 Å². The average Bonchev–Trinajstić information content (AvgIpc) is 2.69. The monoisotopic (exact) mass is 290 g/mol. The fourth-order valence-electron chi connectivity index (χ4n) is 3.14. The van der Waals surface area contributed by atoms with Gasteiger partial charge in [0, 0.05) is 19.1 Å². The molecule has 0 unspecified atom stereocenters. The van der Waals surface area contributed by atoms with Gasteiger partial charge in [-0.1, -0.05) is 18.6 Å². The largest absolute Gasteiger partial charge is 0.351 e. The SMILES string of the molecule is O=C1N[C@@H]2CCC[C@H]1CN(C(=O)Cc1ccc(F)cc1)C2. The quantitative estimate of drug-likeness (QED) is 0.897. The van der Waals surface area contributed by atoms with Crippen LogP contribution in [0.2, 0.25) is 0 Å². The molecule has 0 radical (unpaired) electrons. The van der Waals surface area contributed by atoms with E-state index < -0.39 is 0 Å². The van der Waals surface area contributed by atoms with Gasteiger partial charge in [0.15, 0.2) is 0 Å². The molecule has 2 atom stereocenters. The highest BCUT2D eigenvalue weighted by atomic mass is 19.1. The van der Waals surface area contributed by atoms with Crippen LogP contribution in [-0.4, -0.2) is 35.8 Å². The fourth-order valence-corrected chi connectivity index (χ4v) is 3.14. The van der Waals surface area contributed by atoms with Gasteiger partial charge in [-0.25, -0.2) is 4.39 Å². The number of nitrogens with one attached hydrogen (secondary N) is 1. The minimum absolute atomic E-state index is 0.00927. The first-order valence-electron chi connectivity index (χ1n) is 7.44. The molecule has 2 fully saturated rings. The first-order chi connectivity index (χ1) is 10.1. The Balaban J connectivity index is 1.69. The van der Waals surface area contributed by atoms with Gasteiger partial charge in [-0.15, -0.1) is 0 Å². The van der Waals surface area contributed by atoms with E-state index in [4.69, 9.17) is 0 Å². The zero-order valence-corrected chi connectivity index (χ0v) is 11.8. The molecule has 0 saturated carbocycles. The Morgan fingerprint density at radius 3 is 2.76 bits per heavy atom. The summed E-state index contributed by atoms with van der Waals surface area (Å²) in [6, 6.07) is 6.07. The Kier molecular flexibility index (Phi) is 3.90. The van der Waals surface area contributed by atoms with Gasteiger partial charge in [0.1, 0.15) is 5.82 Å². The maximum atomic E-state index is 12.9. The van der Waals surface area contributed by atoms with Gasteiger partial charge < -0.3 is 10.2 Å². The highest BCUT2D eigenvalue weighted by Crippen LogP contribution is 2.22. The number of nitrogens with zero attached hydrogens (tertiary/aromatic N) is 1. The van der Waals surface area contributed by atoms with Crippen LogP contribution in [0.1, 0.15) is 24.8 Å². The maximum Gasteiger partial charge on any atom is 0.227 e. The predicted molar refractivity (Wildman–Crippen MR) is 76.0 cm³/mol. The molecular weight excluding hydrogens is 271 g/mol. The first kappa shape index (κ1) is 14.0. The third-order valence-corrected chi connectivity index (χ3v) is 4.33. The second kappa shape index (κ2) is 5.84. The molecule has 2 heterocycles. The first-order valence-corrected chi connectivity index (χ1v) is 7.44. The van der Waals surface area contributed by atoms with Crippen molar-refractivity contribution < 1.29 is 14.0 Å². The zero-order valence-electron chi connectivity index (χ0n) is 11.8. The number of halogens is 1. The number of hydrogen-bond acceptors (Lipinski definition) is 2. The topological polar surface area (TPSA) is 49.4 Å². The van der Waals surface area contributed by atoms with Crippen LogP contribution in [0.3, 0.4) is 0 Å². The number of fused-ring (bicyclic) bond motifs is 3. The van der Waals surface area contributed by atoms with Crippen molar-refractivity contribution >= 4 is 11.8 Å². The summed E-state index contributed by atoms with van der Waals surface area (Å²) in [4.78, 5) is 26.2. The fraction of sp³-hybridized carbons (Fsp3) is 0.500. The molecule has 2 aliphatic heterocycles. The van der Waals surface area contributed by atoms with Gasteiger partial charge in [0.2, 0.25) is 11.8 Å². The summed E-state index contributed by atoms with van der Waals surface area (Å²) < 4.78 is 12.9. The number of carbonyl (C=O) groups excluding carboxylic acids is 2. The molecule has 4 nitrogen and oxygen atoms in total. The standard InChI is InChI=1S/C16H19FN2O2/c17-13-6-4-11(5-7-13)8-15(20)19-9-12-2-1-3-14(10-19)18-16(12)21/h4-7,12,14H,1-3,8-10H2,(H,18,21)/t12-,14+/m0/s1. The lowest BCUT2D eigenvalue weighted by atomic mass is 9.99. The van der Waals surface area contributed by atoms with Crippen LogP contribution in [-0.2, 0) is 16.0 Å². The molecule has 0 aliphatic carbocycles. The number of benzene rings is 1. The number of carbonyl (C=O) groups is 2. The number of rotatable bonds is 2. The summed E-state index contributed by atoms with van der Waals surface area (Å²) in [5.74, 6) is -0.301. The van der Waals surface area contributed by atoms with E-state index in [-0.39, 0.29) is 36.0 Å². The molecule has 2 bridgehead atoms. The zero-order chi connectivity index (χ0) is 14.8. The van der Waals surface area contributed by atoms with E-state index >= 15 is 0 Å². The third-order valence-electron chi connectivity index (χ3n) is 4.33. The van der Waals surface area contributed by atoms with E-state index in [0.717, 1.165) is 24.8 Å². The van der Waals surface area contributed by atoms with Crippen molar-refractivity contribution in [1.29, 1.82) is 0 Å². The molecule has 3 rings (SSSR count). The molecule has 0 spiro atoms. The van der Waals surface area contributed by atoms with Crippen LogP contribution in [0.25, 0.3) is 0 Å².